The summed E-state index contributed by atoms with van der Waals surface area (Å²) < 4.78 is 16.8. The van der Waals surface area contributed by atoms with Crippen molar-refractivity contribution >= 4 is 0 Å². The fourth-order valence-electron chi connectivity index (χ4n) is 3.04. The molecule has 5 heteroatoms. The maximum Gasteiger partial charge on any atom is 0.141 e. The molecule has 108 valence electrons. The predicted molar refractivity (Wildman–Crippen MR) is 74.4 cm³/mol. The van der Waals surface area contributed by atoms with Gasteiger partial charge in [-0.15, -0.1) is 0 Å². The highest BCUT2D eigenvalue weighted by atomic mass is 16.5. The van der Waals surface area contributed by atoms with Gasteiger partial charge in [-0.25, -0.2) is 0 Å². The minimum Gasteiger partial charge on any atom is -0.508 e. The smallest absolute Gasteiger partial charge is 0.141 e. The Morgan fingerprint density at radius 1 is 1.14 bits per heavy atom. The Hall–Kier alpha value is -2.56. The molecule has 2 aromatic carbocycles. The van der Waals surface area contributed by atoms with Crippen LogP contribution in [0.15, 0.2) is 30.3 Å². The number of rotatable bonds is 1. The quantitative estimate of drug-likeness (QED) is 0.843. The Kier molecular flexibility index (Phi) is 2.45. The summed E-state index contributed by atoms with van der Waals surface area (Å²) in [4.78, 5) is 0. The van der Waals surface area contributed by atoms with Crippen LogP contribution in [0.5, 0.6) is 28.7 Å². The molecule has 2 aliphatic rings. The molecule has 0 bridgehead atoms. The van der Waals surface area contributed by atoms with Crippen LogP contribution < -0.4 is 14.2 Å². The summed E-state index contributed by atoms with van der Waals surface area (Å²) in [6.45, 7) is 0.460. The van der Waals surface area contributed by atoms with Crippen LogP contribution in [0.4, 0.5) is 0 Å². The van der Waals surface area contributed by atoms with E-state index >= 15 is 0 Å². The number of hydrogen-bond acceptors (Lipinski definition) is 5. The van der Waals surface area contributed by atoms with Gasteiger partial charge in [0, 0.05) is 23.8 Å². The first-order valence-electron chi connectivity index (χ1n) is 6.70. The topological polar surface area (TPSA) is 68.2 Å². The molecule has 0 aliphatic carbocycles. The van der Waals surface area contributed by atoms with Crippen LogP contribution in [0.2, 0.25) is 0 Å². The van der Waals surface area contributed by atoms with Gasteiger partial charge in [0.05, 0.1) is 25.2 Å². The largest absolute Gasteiger partial charge is 0.508 e. The lowest BCUT2D eigenvalue weighted by Gasteiger charge is -2.28. The third-order valence-corrected chi connectivity index (χ3v) is 4.05. The number of phenols is 2. The number of methoxy groups -OCH3 is 1. The molecule has 2 N–H and O–H groups in total. The maximum absolute atomic E-state index is 10.3. The zero-order valence-corrected chi connectivity index (χ0v) is 11.4. The lowest BCUT2D eigenvalue weighted by molar-refractivity contribution is 0.135. The average Bonchev–Trinajstić information content (AvgIpc) is 2.83. The van der Waals surface area contributed by atoms with Gasteiger partial charge in [0.2, 0.25) is 0 Å². The van der Waals surface area contributed by atoms with Gasteiger partial charge >= 0.3 is 0 Å². The molecule has 21 heavy (non-hydrogen) atoms. The summed E-state index contributed by atoms with van der Waals surface area (Å²) in [5.41, 5.74) is 1.61. The molecule has 5 nitrogen and oxygen atoms in total. The highest BCUT2D eigenvalue weighted by Crippen LogP contribution is 2.54. The summed E-state index contributed by atoms with van der Waals surface area (Å²) in [7, 11) is 1.54. The normalized spacial score (nSPS) is 21.6. The van der Waals surface area contributed by atoms with Crippen molar-refractivity contribution in [3.05, 3.63) is 41.5 Å². The molecule has 2 aromatic rings. The molecule has 0 amide bonds. The second kappa shape index (κ2) is 4.22. The number of ether oxygens (including phenoxy) is 3. The maximum atomic E-state index is 10.3. The van der Waals surface area contributed by atoms with Gasteiger partial charge in [0.1, 0.15) is 34.9 Å². The van der Waals surface area contributed by atoms with Gasteiger partial charge in [0.15, 0.2) is 0 Å². The standard InChI is InChI=1S/C16H14O5/c1-19-9-5-12(18)15-14(6-9)20-7-11-10-3-2-8(17)4-13(10)21-16(11)15/h2-6,11,16-18H,7H2,1H3. The Bertz CT molecular complexity index is 725. The van der Waals surface area contributed by atoms with Crippen molar-refractivity contribution < 1.29 is 24.4 Å². The van der Waals surface area contributed by atoms with Gasteiger partial charge in [-0.2, -0.15) is 0 Å². The lowest BCUT2D eigenvalue weighted by atomic mass is 9.89. The first kappa shape index (κ1) is 12.2. The Balaban J connectivity index is 1.82. The first-order chi connectivity index (χ1) is 10.2. The summed E-state index contributed by atoms with van der Waals surface area (Å²) in [5.74, 6) is 2.01. The molecule has 2 aliphatic heterocycles. The number of aromatic hydroxyl groups is 2. The Morgan fingerprint density at radius 3 is 2.81 bits per heavy atom. The third-order valence-electron chi connectivity index (χ3n) is 4.05. The molecule has 0 radical (unpaired) electrons. The van der Waals surface area contributed by atoms with Crippen molar-refractivity contribution in [2.45, 2.75) is 12.0 Å². The van der Waals surface area contributed by atoms with E-state index in [1.165, 1.54) is 7.11 Å². The van der Waals surface area contributed by atoms with E-state index in [0.29, 0.717) is 29.4 Å². The van der Waals surface area contributed by atoms with Gasteiger partial charge in [-0.3, -0.25) is 0 Å². The van der Waals surface area contributed by atoms with Crippen LogP contribution in [-0.2, 0) is 0 Å². The van der Waals surface area contributed by atoms with E-state index in [1.54, 1.807) is 24.3 Å². The first-order valence-corrected chi connectivity index (χ1v) is 6.70. The number of benzene rings is 2. The van der Waals surface area contributed by atoms with Crippen molar-refractivity contribution in [1.29, 1.82) is 0 Å². The Labute approximate surface area is 121 Å². The molecule has 0 fully saturated rings. The molecule has 0 saturated heterocycles. The van der Waals surface area contributed by atoms with Crippen LogP contribution >= 0.6 is 0 Å². The van der Waals surface area contributed by atoms with Crippen LogP contribution in [0.25, 0.3) is 0 Å². The van der Waals surface area contributed by atoms with E-state index in [4.69, 9.17) is 14.2 Å². The van der Waals surface area contributed by atoms with Gasteiger partial charge < -0.3 is 24.4 Å². The van der Waals surface area contributed by atoms with E-state index in [9.17, 15) is 10.2 Å². The molecule has 2 heterocycles. The summed E-state index contributed by atoms with van der Waals surface area (Å²) in [6, 6.07) is 8.36. The summed E-state index contributed by atoms with van der Waals surface area (Å²) in [5, 5.41) is 19.8. The third kappa shape index (κ3) is 1.70. The van der Waals surface area contributed by atoms with E-state index < -0.39 is 0 Å². The second-order valence-electron chi connectivity index (χ2n) is 5.24. The van der Waals surface area contributed by atoms with E-state index in [0.717, 1.165) is 5.56 Å². The SMILES string of the molecule is COc1cc(O)c2c(c1)OCC1c3ccc(O)cc3OC21. The molecular formula is C16H14O5. The van der Waals surface area contributed by atoms with E-state index in [1.807, 2.05) is 6.07 Å². The van der Waals surface area contributed by atoms with Crippen molar-refractivity contribution in [2.75, 3.05) is 13.7 Å². The molecule has 0 spiro atoms. The summed E-state index contributed by atoms with van der Waals surface area (Å²) in [6.07, 6.45) is -0.309. The highest BCUT2D eigenvalue weighted by Gasteiger charge is 2.42. The number of hydrogen-bond donors (Lipinski definition) is 2. The average molecular weight is 286 g/mol. The minimum atomic E-state index is -0.309. The van der Waals surface area contributed by atoms with Crippen molar-refractivity contribution in [1.82, 2.24) is 0 Å². The number of phenolic OH excluding ortho intramolecular Hbond substituents is 2. The highest BCUT2D eigenvalue weighted by molar-refractivity contribution is 5.57. The van der Waals surface area contributed by atoms with Crippen LogP contribution in [0.3, 0.4) is 0 Å². The molecule has 4 rings (SSSR count). The fraction of sp³-hybridized carbons (Fsp3) is 0.250. The fourth-order valence-corrected chi connectivity index (χ4v) is 3.04. The van der Waals surface area contributed by atoms with Gasteiger partial charge in [-0.05, 0) is 6.07 Å². The van der Waals surface area contributed by atoms with Gasteiger partial charge in [0.25, 0.3) is 0 Å². The zero-order chi connectivity index (χ0) is 14.6. The monoisotopic (exact) mass is 286 g/mol. The van der Waals surface area contributed by atoms with Crippen LogP contribution in [0, 0.1) is 0 Å². The predicted octanol–water partition coefficient (Wildman–Crippen LogP) is 2.72. The van der Waals surface area contributed by atoms with E-state index in [-0.39, 0.29) is 23.5 Å². The second-order valence-corrected chi connectivity index (χ2v) is 5.24. The zero-order valence-electron chi connectivity index (χ0n) is 11.4. The molecule has 2 unspecified atom stereocenters. The van der Waals surface area contributed by atoms with Crippen LogP contribution in [-0.4, -0.2) is 23.9 Å². The van der Waals surface area contributed by atoms with Gasteiger partial charge in [-0.1, -0.05) is 6.07 Å². The van der Waals surface area contributed by atoms with Crippen molar-refractivity contribution in [3.63, 3.8) is 0 Å². The van der Waals surface area contributed by atoms with Crippen LogP contribution in [0.1, 0.15) is 23.1 Å². The molecular weight excluding hydrogens is 272 g/mol. The Morgan fingerprint density at radius 2 is 2.00 bits per heavy atom. The molecule has 0 aromatic heterocycles. The van der Waals surface area contributed by atoms with Crippen molar-refractivity contribution in [3.8, 4) is 28.7 Å². The van der Waals surface area contributed by atoms with E-state index in [2.05, 4.69) is 0 Å². The lowest BCUT2D eigenvalue weighted by Crippen LogP contribution is -2.23. The number of fused-ring (bicyclic) bond motifs is 5. The molecule has 0 saturated carbocycles. The minimum absolute atomic E-state index is 0.00685. The molecule has 2 atom stereocenters. The van der Waals surface area contributed by atoms with Crippen molar-refractivity contribution in [2.24, 2.45) is 0 Å². The summed E-state index contributed by atoms with van der Waals surface area (Å²) >= 11 is 0.